The lowest BCUT2D eigenvalue weighted by Gasteiger charge is -2.01. The van der Waals surface area contributed by atoms with E-state index in [1.54, 1.807) is 12.4 Å². The molecule has 0 atom stereocenters. The van der Waals surface area contributed by atoms with Crippen molar-refractivity contribution in [3.8, 4) is 0 Å². The molecular weight excluding hydrogens is 229 g/mol. The maximum atomic E-state index is 3.78. The van der Waals surface area contributed by atoms with Gasteiger partial charge in [-0.05, 0) is 34.9 Å². The van der Waals surface area contributed by atoms with Crippen LogP contribution in [0.4, 0.5) is 0 Å². The van der Waals surface area contributed by atoms with Gasteiger partial charge in [-0.1, -0.05) is 54.9 Å². The third kappa shape index (κ3) is 4.25. The van der Waals surface area contributed by atoms with Gasteiger partial charge >= 0.3 is 0 Å². The van der Waals surface area contributed by atoms with Crippen LogP contribution in [0.2, 0.25) is 6.32 Å². The molecule has 0 bridgehead atoms. The van der Waals surface area contributed by atoms with E-state index in [4.69, 9.17) is 0 Å². The summed E-state index contributed by atoms with van der Waals surface area (Å²) in [6.45, 7) is 0. The van der Waals surface area contributed by atoms with Gasteiger partial charge in [0, 0.05) is 12.4 Å². The lowest BCUT2D eigenvalue weighted by molar-refractivity contribution is 1.14. The summed E-state index contributed by atoms with van der Waals surface area (Å²) >= 11 is 0. The lowest BCUT2D eigenvalue weighted by Crippen LogP contribution is -1.83. The van der Waals surface area contributed by atoms with Gasteiger partial charge in [-0.25, -0.2) is 0 Å². The van der Waals surface area contributed by atoms with Gasteiger partial charge in [-0.2, -0.15) is 0 Å². The molecule has 0 aliphatic heterocycles. The molecule has 1 aromatic heterocycles. The molecule has 0 aliphatic carbocycles. The maximum Gasteiger partial charge on any atom is 0.101 e. The van der Waals surface area contributed by atoms with E-state index in [1.807, 2.05) is 18.2 Å². The summed E-state index contributed by atoms with van der Waals surface area (Å²) in [5, 5.41) is 2.69. The number of rotatable bonds is 2. The molecule has 0 aliphatic rings. The molecule has 0 unspecified atom stereocenters. The Morgan fingerprint density at radius 2 is 1.53 bits per heavy atom. The van der Waals surface area contributed by atoms with Crippen molar-refractivity contribution in [3.05, 3.63) is 78.6 Å². The zero-order chi connectivity index (χ0) is 13.3. The number of pyridine rings is 1. The standard InChI is InChI=1S/C12H13B.C5H5N/c13-8-7-10-5-6-11-3-1-2-4-12(11)9-10;1-2-4-6-5-3-1/h1-6,9H,7-8,13H2;1-5H. The van der Waals surface area contributed by atoms with Crippen LogP contribution in [0.3, 0.4) is 0 Å². The number of hydrogen-bond acceptors (Lipinski definition) is 1. The molecule has 3 rings (SSSR count). The second-order valence-corrected chi connectivity index (χ2v) is 4.46. The molecule has 94 valence electrons. The predicted molar refractivity (Wildman–Crippen MR) is 85.2 cm³/mol. The van der Waals surface area contributed by atoms with E-state index in [2.05, 4.69) is 55.3 Å². The zero-order valence-corrected chi connectivity index (χ0v) is 11.3. The Morgan fingerprint density at radius 1 is 0.789 bits per heavy atom. The minimum Gasteiger partial charge on any atom is -0.265 e. The summed E-state index contributed by atoms with van der Waals surface area (Å²) in [5.41, 5.74) is 1.45. The third-order valence-electron chi connectivity index (χ3n) is 2.92. The quantitative estimate of drug-likeness (QED) is 0.631. The zero-order valence-electron chi connectivity index (χ0n) is 11.3. The minimum absolute atomic E-state index is 1.19. The number of aryl methyl sites for hydroxylation is 1. The molecule has 0 radical (unpaired) electrons. The van der Waals surface area contributed by atoms with Crippen LogP contribution in [0.1, 0.15) is 5.56 Å². The predicted octanol–water partition coefficient (Wildman–Crippen LogP) is 3.52. The fraction of sp³-hybridized carbons (Fsp3) is 0.118. The first-order valence-corrected chi connectivity index (χ1v) is 6.73. The largest absolute Gasteiger partial charge is 0.265 e. The van der Waals surface area contributed by atoms with Gasteiger partial charge in [0.1, 0.15) is 7.85 Å². The average Bonchev–Trinajstić information content (AvgIpc) is 2.50. The van der Waals surface area contributed by atoms with E-state index >= 15 is 0 Å². The van der Waals surface area contributed by atoms with Gasteiger partial charge in [0.2, 0.25) is 0 Å². The van der Waals surface area contributed by atoms with E-state index in [0.717, 1.165) is 0 Å². The third-order valence-corrected chi connectivity index (χ3v) is 2.92. The van der Waals surface area contributed by atoms with Crippen LogP contribution in [0.5, 0.6) is 0 Å². The van der Waals surface area contributed by atoms with Crippen molar-refractivity contribution in [1.82, 2.24) is 4.98 Å². The smallest absolute Gasteiger partial charge is 0.101 e. The Morgan fingerprint density at radius 3 is 2.11 bits per heavy atom. The van der Waals surface area contributed by atoms with Crippen molar-refractivity contribution in [1.29, 1.82) is 0 Å². The van der Waals surface area contributed by atoms with Crippen LogP contribution in [0, 0.1) is 0 Å². The summed E-state index contributed by atoms with van der Waals surface area (Å²) in [6.07, 6.45) is 5.91. The Labute approximate surface area is 115 Å². The second-order valence-electron chi connectivity index (χ2n) is 4.46. The fourth-order valence-corrected chi connectivity index (χ4v) is 2.00. The molecule has 0 spiro atoms. The van der Waals surface area contributed by atoms with Crippen molar-refractivity contribution in [2.24, 2.45) is 0 Å². The number of nitrogens with zero attached hydrogens (tertiary/aromatic N) is 1. The normalized spacial score (nSPS) is 9.68. The SMILES string of the molecule is BCCc1ccc2ccccc2c1.c1ccncc1. The number of benzene rings is 2. The summed E-state index contributed by atoms with van der Waals surface area (Å²) < 4.78 is 0. The van der Waals surface area contributed by atoms with Gasteiger partial charge in [0.05, 0.1) is 0 Å². The Hall–Kier alpha value is -2.09. The van der Waals surface area contributed by atoms with E-state index in [1.165, 1.54) is 29.1 Å². The maximum absolute atomic E-state index is 3.78. The molecule has 1 heterocycles. The molecule has 1 nitrogen and oxygen atoms in total. The summed E-state index contributed by atoms with van der Waals surface area (Å²) in [6, 6.07) is 21.0. The summed E-state index contributed by atoms with van der Waals surface area (Å²) in [5.74, 6) is 0. The van der Waals surface area contributed by atoms with Crippen molar-refractivity contribution in [3.63, 3.8) is 0 Å². The minimum atomic E-state index is 1.19. The first kappa shape index (κ1) is 13.3. The van der Waals surface area contributed by atoms with Crippen molar-refractivity contribution < 1.29 is 0 Å². The van der Waals surface area contributed by atoms with Crippen LogP contribution in [-0.4, -0.2) is 12.8 Å². The number of aromatic nitrogens is 1. The van der Waals surface area contributed by atoms with Gasteiger partial charge in [0.25, 0.3) is 0 Å². The first-order valence-electron chi connectivity index (χ1n) is 6.73. The van der Waals surface area contributed by atoms with Crippen LogP contribution in [0.25, 0.3) is 10.8 Å². The van der Waals surface area contributed by atoms with E-state index < -0.39 is 0 Å². The highest BCUT2D eigenvalue weighted by Crippen LogP contribution is 2.16. The molecule has 0 N–H and O–H groups in total. The van der Waals surface area contributed by atoms with Crippen LogP contribution >= 0.6 is 0 Å². The van der Waals surface area contributed by atoms with Crippen molar-refractivity contribution >= 4 is 18.6 Å². The van der Waals surface area contributed by atoms with Gasteiger partial charge in [-0.15, -0.1) is 0 Å². The van der Waals surface area contributed by atoms with E-state index in [-0.39, 0.29) is 0 Å². The molecule has 0 fully saturated rings. The van der Waals surface area contributed by atoms with Gasteiger partial charge in [0.15, 0.2) is 0 Å². The molecular formula is C17H18BN. The second kappa shape index (κ2) is 7.37. The topological polar surface area (TPSA) is 12.9 Å². The van der Waals surface area contributed by atoms with Crippen molar-refractivity contribution in [2.75, 3.05) is 0 Å². The highest BCUT2D eigenvalue weighted by molar-refractivity contribution is 6.08. The molecule has 3 aromatic rings. The molecule has 0 saturated carbocycles. The van der Waals surface area contributed by atoms with Crippen molar-refractivity contribution in [2.45, 2.75) is 12.7 Å². The fourth-order valence-electron chi connectivity index (χ4n) is 2.00. The molecule has 2 heteroatoms. The highest BCUT2D eigenvalue weighted by atomic mass is 14.6. The average molecular weight is 247 g/mol. The summed E-state index contributed by atoms with van der Waals surface area (Å²) in [7, 11) is 2.22. The summed E-state index contributed by atoms with van der Waals surface area (Å²) in [4.78, 5) is 3.78. The first-order chi connectivity index (χ1) is 9.40. The molecule has 19 heavy (non-hydrogen) atoms. The van der Waals surface area contributed by atoms with Crippen LogP contribution in [-0.2, 0) is 6.42 Å². The van der Waals surface area contributed by atoms with Gasteiger partial charge in [-0.3, -0.25) is 4.98 Å². The highest BCUT2D eigenvalue weighted by Gasteiger charge is 1.94. The number of fused-ring (bicyclic) bond motifs is 1. The monoisotopic (exact) mass is 247 g/mol. The van der Waals surface area contributed by atoms with E-state index in [9.17, 15) is 0 Å². The number of hydrogen-bond donors (Lipinski definition) is 0. The molecule has 0 amide bonds. The van der Waals surface area contributed by atoms with Gasteiger partial charge < -0.3 is 0 Å². The molecule has 2 aromatic carbocycles. The Bertz CT molecular complexity index is 581. The van der Waals surface area contributed by atoms with E-state index in [0.29, 0.717) is 0 Å². The molecule has 0 saturated heterocycles. The van der Waals surface area contributed by atoms with Crippen LogP contribution < -0.4 is 0 Å². The lowest BCUT2D eigenvalue weighted by atomic mass is 9.96. The van der Waals surface area contributed by atoms with Crippen LogP contribution in [0.15, 0.2) is 73.1 Å². The Balaban J connectivity index is 0.000000186. The Kier molecular flexibility index (Phi) is 5.18.